The molecule has 4 rings (SSSR count). The van der Waals surface area contributed by atoms with E-state index in [1.54, 1.807) is 0 Å². The predicted octanol–water partition coefficient (Wildman–Crippen LogP) is 2.05. The Morgan fingerprint density at radius 1 is 1.10 bits per heavy atom. The van der Waals surface area contributed by atoms with Gasteiger partial charge in [0.05, 0.1) is 5.92 Å². The molecule has 0 radical (unpaired) electrons. The van der Waals surface area contributed by atoms with Gasteiger partial charge in [-0.1, -0.05) is 48.5 Å². The van der Waals surface area contributed by atoms with Crippen molar-refractivity contribution in [3.63, 3.8) is 0 Å². The van der Waals surface area contributed by atoms with E-state index >= 15 is 0 Å². The molecule has 106 valence electrons. The summed E-state index contributed by atoms with van der Waals surface area (Å²) in [6, 6.07) is 16.9. The third-order valence-electron chi connectivity index (χ3n) is 4.83. The van der Waals surface area contributed by atoms with E-state index in [4.69, 9.17) is 5.73 Å². The molecule has 2 aromatic rings. The molecule has 0 heterocycles. The SMILES string of the molecule is NCCNC(=O)C1CC12c1ccccc1-c1ccccc12. The van der Waals surface area contributed by atoms with Crippen molar-refractivity contribution >= 4 is 5.91 Å². The molecule has 3 nitrogen and oxygen atoms in total. The number of hydrogen-bond donors (Lipinski definition) is 2. The van der Waals surface area contributed by atoms with E-state index in [-0.39, 0.29) is 17.2 Å². The van der Waals surface area contributed by atoms with Crippen LogP contribution in [0.25, 0.3) is 11.1 Å². The highest BCUT2D eigenvalue weighted by atomic mass is 16.2. The predicted molar refractivity (Wildman–Crippen MR) is 82.8 cm³/mol. The maximum absolute atomic E-state index is 12.4. The van der Waals surface area contributed by atoms with E-state index in [1.807, 2.05) is 0 Å². The van der Waals surface area contributed by atoms with Crippen LogP contribution in [0.2, 0.25) is 0 Å². The zero-order valence-electron chi connectivity index (χ0n) is 11.8. The molecule has 1 atom stereocenters. The molecule has 2 aliphatic carbocycles. The second-order valence-electron chi connectivity index (χ2n) is 5.90. The minimum absolute atomic E-state index is 0.0360. The third kappa shape index (κ3) is 1.61. The minimum atomic E-state index is -0.105. The zero-order chi connectivity index (χ0) is 14.4. The summed E-state index contributed by atoms with van der Waals surface area (Å²) in [5.74, 6) is 0.167. The molecule has 1 fully saturated rings. The van der Waals surface area contributed by atoms with E-state index in [0.29, 0.717) is 13.1 Å². The molecule has 0 saturated heterocycles. The van der Waals surface area contributed by atoms with Gasteiger partial charge in [-0.3, -0.25) is 4.79 Å². The normalized spacial score (nSPS) is 20.0. The number of benzene rings is 2. The quantitative estimate of drug-likeness (QED) is 0.903. The largest absolute Gasteiger partial charge is 0.355 e. The first-order valence-electron chi connectivity index (χ1n) is 7.46. The lowest BCUT2D eigenvalue weighted by Gasteiger charge is -2.13. The van der Waals surface area contributed by atoms with Crippen molar-refractivity contribution in [1.82, 2.24) is 5.32 Å². The first kappa shape index (κ1) is 12.6. The summed E-state index contributed by atoms with van der Waals surface area (Å²) in [5.41, 5.74) is 10.5. The van der Waals surface area contributed by atoms with Crippen LogP contribution in [0, 0.1) is 5.92 Å². The summed E-state index contributed by atoms with van der Waals surface area (Å²) in [6.07, 6.45) is 0.900. The van der Waals surface area contributed by atoms with Crippen LogP contribution in [0.15, 0.2) is 48.5 Å². The van der Waals surface area contributed by atoms with Gasteiger partial charge in [-0.15, -0.1) is 0 Å². The first-order valence-corrected chi connectivity index (χ1v) is 7.46. The van der Waals surface area contributed by atoms with Gasteiger partial charge in [-0.2, -0.15) is 0 Å². The molecule has 1 unspecified atom stereocenters. The molecule has 0 bridgehead atoms. The van der Waals surface area contributed by atoms with Gasteiger partial charge in [-0.05, 0) is 28.7 Å². The van der Waals surface area contributed by atoms with E-state index in [0.717, 1.165) is 6.42 Å². The Morgan fingerprint density at radius 3 is 2.24 bits per heavy atom. The highest BCUT2D eigenvalue weighted by Crippen LogP contribution is 2.66. The fourth-order valence-corrected chi connectivity index (χ4v) is 3.85. The summed E-state index contributed by atoms with van der Waals surface area (Å²) in [5, 5.41) is 2.94. The fraction of sp³-hybridized carbons (Fsp3) is 0.278. The average molecular weight is 278 g/mol. The van der Waals surface area contributed by atoms with Gasteiger partial charge in [-0.25, -0.2) is 0 Å². The summed E-state index contributed by atoms with van der Waals surface area (Å²) >= 11 is 0. The smallest absolute Gasteiger partial charge is 0.224 e. The Balaban J connectivity index is 1.79. The van der Waals surface area contributed by atoms with Crippen LogP contribution in [-0.4, -0.2) is 19.0 Å². The Morgan fingerprint density at radius 2 is 1.67 bits per heavy atom. The van der Waals surface area contributed by atoms with E-state index < -0.39 is 0 Å². The summed E-state index contributed by atoms with van der Waals surface area (Å²) in [4.78, 5) is 12.4. The topological polar surface area (TPSA) is 55.1 Å². The average Bonchev–Trinajstić information content (AvgIpc) is 3.22. The number of carbonyl (C=O) groups is 1. The molecule has 0 aromatic heterocycles. The first-order chi connectivity index (χ1) is 10.3. The van der Waals surface area contributed by atoms with Gasteiger partial charge >= 0.3 is 0 Å². The molecule has 1 spiro atoms. The lowest BCUT2D eigenvalue weighted by Crippen LogP contribution is -2.32. The molecular weight excluding hydrogens is 260 g/mol. The van der Waals surface area contributed by atoms with Gasteiger partial charge < -0.3 is 11.1 Å². The van der Waals surface area contributed by atoms with Crippen LogP contribution in [-0.2, 0) is 10.2 Å². The van der Waals surface area contributed by atoms with Crippen molar-refractivity contribution in [1.29, 1.82) is 0 Å². The molecule has 2 aromatic carbocycles. The fourth-order valence-electron chi connectivity index (χ4n) is 3.85. The lowest BCUT2D eigenvalue weighted by molar-refractivity contribution is -0.122. The highest BCUT2D eigenvalue weighted by molar-refractivity contribution is 5.92. The molecule has 21 heavy (non-hydrogen) atoms. The maximum Gasteiger partial charge on any atom is 0.224 e. The van der Waals surface area contributed by atoms with Crippen molar-refractivity contribution < 1.29 is 4.79 Å². The highest BCUT2D eigenvalue weighted by Gasteiger charge is 2.63. The van der Waals surface area contributed by atoms with Crippen molar-refractivity contribution in [3.8, 4) is 11.1 Å². The van der Waals surface area contributed by atoms with Crippen molar-refractivity contribution in [2.24, 2.45) is 11.7 Å². The lowest BCUT2D eigenvalue weighted by atomic mass is 9.90. The monoisotopic (exact) mass is 278 g/mol. The molecule has 2 aliphatic rings. The summed E-state index contributed by atoms with van der Waals surface area (Å²) < 4.78 is 0. The Kier molecular flexibility index (Phi) is 2.66. The molecule has 1 saturated carbocycles. The van der Waals surface area contributed by atoms with Crippen LogP contribution >= 0.6 is 0 Å². The number of rotatable bonds is 3. The number of hydrogen-bond acceptors (Lipinski definition) is 2. The number of amides is 1. The number of nitrogens with one attached hydrogen (secondary N) is 1. The van der Waals surface area contributed by atoms with Crippen molar-refractivity contribution in [2.45, 2.75) is 11.8 Å². The summed E-state index contributed by atoms with van der Waals surface area (Å²) in [6.45, 7) is 1.04. The van der Waals surface area contributed by atoms with E-state index in [2.05, 4.69) is 53.8 Å². The van der Waals surface area contributed by atoms with Crippen LogP contribution in [0.4, 0.5) is 0 Å². The number of fused-ring (bicyclic) bond motifs is 5. The van der Waals surface area contributed by atoms with Gasteiger partial charge in [0.2, 0.25) is 5.91 Å². The summed E-state index contributed by atoms with van der Waals surface area (Å²) in [7, 11) is 0. The Hall–Kier alpha value is -2.13. The van der Waals surface area contributed by atoms with E-state index in [1.165, 1.54) is 22.3 Å². The van der Waals surface area contributed by atoms with E-state index in [9.17, 15) is 4.79 Å². The van der Waals surface area contributed by atoms with Crippen molar-refractivity contribution in [2.75, 3.05) is 13.1 Å². The van der Waals surface area contributed by atoms with Gasteiger partial charge in [0.1, 0.15) is 0 Å². The minimum Gasteiger partial charge on any atom is -0.355 e. The van der Waals surface area contributed by atoms with Crippen LogP contribution in [0.1, 0.15) is 17.5 Å². The second-order valence-corrected chi connectivity index (χ2v) is 5.90. The standard InChI is InChI=1S/C18H18N2O/c19-9-10-20-17(21)16-11-18(16)14-7-3-1-5-12(14)13-6-2-4-8-15(13)18/h1-8,16H,9-11,19H2,(H,20,21). The molecule has 3 heteroatoms. The maximum atomic E-state index is 12.4. The zero-order valence-corrected chi connectivity index (χ0v) is 11.8. The molecule has 3 N–H and O–H groups in total. The second kappa shape index (κ2) is 4.43. The van der Waals surface area contributed by atoms with Gasteiger partial charge in [0.15, 0.2) is 0 Å². The molecule has 0 aliphatic heterocycles. The van der Waals surface area contributed by atoms with Crippen molar-refractivity contribution in [3.05, 3.63) is 59.7 Å². The Bertz CT molecular complexity index is 677. The van der Waals surface area contributed by atoms with Crippen LogP contribution in [0.3, 0.4) is 0 Å². The Labute approximate surface area is 124 Å². The molecular formula is C18H18N2O. The number of carbonyl (C=O) groups excluding carboxylic acids is 1. The van der Waals surface area contributed by atoms with Gasteiger partial charge in [0, 0.05) is 18.5 Å². The molecule has 1 amide bonds. The van der Waals surface area contributed by atoms with Crippen LogP contribution in [0.5, 0.6) is 0 Å². The number of nitrogens with two attached hydrogens (primary N) is 1. The third-order valence-corrected chi connectivity index (χ3v) is 4.83. The van der Waals surface area contributed by atoms with Crippen LogP contribution < -0.4 is 11.1 Å². The van der Waals surface area contributed by atoms with Gasteiger partial charge in [0.25, 0.3) is 0 Å².